The second-order valence-corrected chi connectivity index (χ2v) is 5.21. The fourth-order valence-electron chi connectivity index (χ4n) is 2.40. The largest absolute Gasteiger partial charge is 0.337 e. The van der Waals surface area contributed by atoms with E-state index in [4.69, 9.17) is 0 Å². The Hall–Kier alpha value is -2.63. The van der Waals surface area contributed by atoms with Crippen LogP contribution in [0.25, 0.3) is 0 Å². The van der Waals surface area contributed by atoms with Gasteiger partial charge < -0.3 is 14.8 Å². The summed E-state index contributed by atoms with van der Waals surface area (Å²) in [6.07, 6.45) is 3.93. The van der Waals surface area contributed by atoms with Gasteiger partial charge in [-0.15, -0.1) is 0 Å². The number of anilines is 1. The maximum absolute atomic E-state index is 12.4. The summed E-state index contributed by atoms with van der Waals surface area (Å²) in [5.41, 5.74) is 2.23. The van der Waals surface area contributed by atoms with Crippen molar-refractivity contribution in [2.45, 2.75) is 13.0 Å². The van der Waals surface area contributed by atoms with Gasteiger partial charge in [0.15, 0.2) is 0 Å². The summed E-state index contributed by atoms with van der Waals surface area (Å²) in [5, 5.41) is 2.76. The maximum atomic E-state index is 12.4. The van der Waals surface area contributed by atoms with Crippen LogP contribution in [0.3, 0.4) is 0 Å². The number of amides is 2. The predicted octanol–water partition coefficient (Wildman–Crippen LogP) is 1.19. The minimum Gasteiger partial charge on any atom is -0.337 e. The number of imidazole rings is 1. The Kier molecular flexibility index (Phi) is 3.21. The van der Waals surface area contributed by atoms with E-state index >= 15 is 0 Å². The van der Waals surface area contributed by atoms with Crippen LogP contribution in [-0.2, 0) is 24.8 Å². The first kappa shape index (κ1) is 13.4. The van der Waals surface area contributed by atoms with Crippen molar-refractivity contribution in [3.63, 3.8) is 0 Å². The molecule has 2 aromatic rings. The van der Waals surface area contributed by atoms with Crippen molar-refractivity contribution in [1.82, 2.24) is 14.5 Å². The summed E-state index contributed by atoms with van der Waals surface area (Å²) >= 11 is 0. The van der Waals surface area contributed by atoms with Crippen LogP contribution in [0, 0.1) is 0 Å². The van der Waals surface area contributed by atoms with E-state index in [0.29, 0.717) is 18.5 Å². The minimum absolute atomic E-state index is 0.0315. The van der Waals surface area contributed by atoms with Crippen molar-refractivity contribution in [3.05, 3.63) is 47.5 Å². The Labute approximate surface area is 122 Å². The van der Waals surface area contributed by atoms with Gasteiger partial charge in [0.05, 0.1) is 13.0 Å². The molecule has 0 atom stereocenters. The molecule has 0 unspecified atom stereocenters. The number of rotatable bonds is 3. The van der Waals surface area contributed by atoms with Gasteiger partial charge in [0.2, 0.25) is 5.91 Å². The van der Waals surface area contributed by atoms with Gasteiger partial charge in [0.1, 0.15) is 5.82 Å². The SMILES string of the molecule is CN(Cc1nccn1C)C(=O)c1ccc2c(c1)NC(=O)C2. The van der Waals surface area contributed by atoms with Gasteiger partial charge in [0.25, 0.3) is 5.91 Å². The number of hydrogen-bond acceptors (Lipinski definition) is 3. The highest BCUT2D eigenvalue weighted by Crippen LogP contribution is 2.24. The molecule has 0 spiro atoms. The average Bonchev–Trinajstić information content (AvgIpc) is 3.02. The predicted molar refractivity (Wildman–Crippen MR) is 77.8 cm³/mol. The van der Waals surface area contributed by atoms with Crippen LogP contribution in [0.4, 0.5) is 5.69 Å². The minimum atomic E-state index is -0.0954. The van der Waals surface area contributed by atoms with E-state index in [1.54, 1.807) is 30.3 Å². The standard InChI is InChI=1S/C15H16N4O2/c1-18-6-5-16-13(18)9-19(2)15(21)11-4-3-10-8-14(20)17-12(10)7-11/h3-7H,8-9H2,1-2H3,(H,17,20). The fourth-order valence-corrected chi connectivity index (χ4v) is 2.40. The van der Waals surface area contributed by atoms with Gasteiger partial charge >= 0.3 is 0 Å². The molecule has 0 aliphatic carbocycles. The van der Waals surface area contributed by atoms with E-state index < -0.39 is 0 Å². The normalized spacial score (nSPS) is 13.0. The number of benzene rings is 1. The van der Waals surface area contributed by atoms with Crippen molar-refractivity contribution in [2.75, 3.05) is 12.4 Å². The van der Waals surface area contributed by atoms with Crippen LogP contribution in [0.1, 0.15) is 21.7 Å². The molecule has 3 rings (SSSR count). The Morgan fingerprint density at radius 3 is 3.00 bits per heavy atom. The number of fused-ring (bicyclic) bond motifs is 1. The molecule has 1 aromatic heterocycles. The monoisotopic (exact) mass is 284 g/mol. The average molecular weight is 284 g/mol. The Bertz CT molecular complexity index is 720. The molecule has 0 radical (unpaired) electrons. The third-order valence-corrected chi connectivity index (χ3v) is 3.63. The molecule has 21 heavy (non-hydrogen) atoms. The van der Waals surface area contributed by atoms with Crippen molar-refractivity contribution in [3.8, 4) is 0 Å². The van der Waals surface area contributed by atoms with Crippen molar-refractivity contribution < 1.29 is 9.59 Å². The van der Waals surface area contributed by atoms with Crippen molar-refractivity contribution in [1.29, 1.82) is 0 Å². The second-order valence-electron chi connectivity index (χ2n) is 5.21. The van der Waals surface area contributed by atoms with Gasteiger partial charge in [0, 0.05) is 37.7 Å². The summed E-state index contributed by atoms with van der Waals surface area (Å²) in [6.45, 7) is 0.436. The van der Waals surface area contributed by atoms with Crippen LogP contribution in [0.5, 0.6) is 0 Å². The Morgan fingerprint density at radius 2 is 2.29 bits per heavy atom. The molecule has 1 aromatic carbocycles. The number of aromatic nitrogens is 2. The molecular weight excluding hydrogens is 268 g/mol. The highest BCUT2D eigenvalue weighted by atomic mass is 16.2. The van der Waals surface area contributed by atoms with Crippen LogP contribution in [0.15, 0.2) is 30.6 Å². The lowest BCUT2D eigenvalue weighted by molar-refractivity contribution is -0.115. The molecule has 1 aliphatic rings. The first-order valence-electron chi connectivity index (χ1n) is 6.69. The quantitative estimate of drug-likeness (QED) is 0.920. The Morgan fingerprint density at radius 1 is 1.48 bits per heavy atom. The number of nitrogens with one attached hydrogen (secondary N) is 1. The van der Waals surface area contributed by atoms with Crippen LogP contribution in [-0.4, -0.2) is 33.3 Å². The number of carbonyl (C=O) groups is 2. The number of aryl methyl sites for hydroxylation is 1. The van der Waals surface area contributed by atoms with E-state index in [2.05, 4.69) is 10.3 Å². The first-order valence-corrected chi connectivity index (χ1v) is 6.69. The zero-order chi connectivity index (χ0) is 15.0. The maximum Gasteiger partial charge on any atom is 0.254 e. The fraction of sp³-hybridized carbons (Fsp3) is 0.267. The molecule has 1 N–H and O–H groups in total. The summed E-state index contributed by atoms with van der Waals surface area (Å²) in [5.74, 6) is 0.693. The molecule has 6 heteroatoms. The summed E-state index contributed by atoms with van der Waals surface area (Å²) < 4.78 is 1.88. The molecular formula is C15H16N4O2. The van der Waals surface area contributed by atoms with E-state index in [9.17, 15) is 9.59 Å². The van der Waals surface area contributed by atoms with Crippen LogP contribution in [0.2, 0.25) is 0 Å². The first-order chi connectivity index (χ1) is 10.0. The molecule has 108 valence electrons. The van der Waals surface area contributed by atoms with Gasteiger partial charge in [-0.25, -0.2) is 4.98 Å². The van der Waals surface area contributed by atoms with Gasteiger partial charge in [-0.2, -0.15) is 0 Å². The van der Waals surface area contributed by atoms with Crippen LogP contribution < -0.4 is 5.32 Å². The second kappa shape index (κ2) is 5.05. The number of nitrogens with zero attached hydrogens (tertiary/aromatic N) is 3. The molecule has 6 nitrogen and oxygen atoms in total. The van der Waals surface area contributed by atoms with Crippen LogP contribution >= 0.6 is 0 Å². The van der Waals surface area contributed by atoms with E-state index in [-0.39, 0.29) is 11.8 Å². The van der Waals surface area contributed by atoms with Gasteiger partial charge in [-0.1, -0.05) is 6.07 Å². The summed E-state index contributed by atoms with van der Waals surface area (Å²) in [7, 11) is 3.63. The lowest BCUT2D eigenvalue weighted by Gasteiger charge is -2.17. The highest BCUT2D eigenvalue weighted by molar-refractivity contribution is 6.02. The smallest absolute Gasteiger partial charge is 0.254 e. The van der Waals surface area contributed by atoms with Crippen molar-refractivity contribution in [2.24, 2.45) is 7.05 Å². The topological polar surface area (TPSA) is 67.2 Å². The van der Waals surface area contributed by atoms with E-state index in [1.807, 2.05) is 23.9 Å². The third-order valence-electron chi connectivity index (χ3n) is 3.63. The molecule has 0 fully saturated rings. The Balaban J connectivity index is 1.78. The molecule has 0 saturated carbocycles. The third kappa shape index (κ3) is 2.52. The van der Waals surface area contributed by atoms with Gasteiger partial charge in [-0.3, -0.25) is 9.59 Å². The lowest BCUT2D eigenvalue weighted by atomic mass is 10.1. The number of carbonyl (C=O) groups excluding carboxylic acids is 2. The van der Waals surface area contributed by atoms with E-state index in [0.717, 1.165) is 17.1 Å². The molecule has 2 heterocycles. The molecule has 0 saturated heterocycles. The zero-order valence-corrected chi connectivity index (χ0v) is 12.0. The summed E-state index contributed by atoms with van der Waals surface area (Å²) in [4.78, 5) is 29.6. The lowest BCUT2D eigenvalue weighted by Crippen LogP contribution is -2.27. The molecule has 2 amide bonds. The van der Waals surface area contributed by atoms with E-state index in [1.165, 1.54) is 0 Å². The summed E-state index contributed by atoms with van der Waals surface area (Å²) in [6, 6.07) is 5.32. The van der Waals surface area contributed by atoms with Crippen molar-refractivity contribution >= 4 is 17.5 Å². The molecule has 1 aliphatic heterocycles. The highest BCUT2D eigenvalue weighted by Gasteiger charge is 2.20. The van der Waals surface area contributed by atoms with Gasteiger partial charge in [-0.05, 0) is 17.7 Å². The zero-order valence-electron chi connectivity index (χ0n) is 12.0. The number of hydrogen-bond donors (Lipinski definition) is 1. The molecule has 0 bridgehead atoms.